The highest BCUT2D eigenvalue weighted by Crippen LogP contribution is 2.21. The van der Waals surface area contributed by atoms with Crippen LogP contribution in [0.2, 0.25) is 0 Å². The number of nitrogens with zero attached hydrogens (tertiary/aromatic N) is 4. The van der Waals surface area contributed by atoms with Gasteiger partial charge in [0.2, 0.25) is 5.95 Å². The summed E-state index contributed by atoms with van der Waals surface area (Å²) in [4.78, 5) is 36.0. The number of imidazole rings is 1. The Morgan fingerprint density at radius 2 is 2.07 bits per heavy atom. The van der Waals surface area contributed by atoms with E-state index in [2.05, 4.69) is 20.3 Å². The van der Waals surface area contributed by atoms with Gasteiger partial charge in [-0.1, -0.05) is 12.1 Å². The van der Waals surface area contributed by atoms with Crippen LogP contribution < -0.4 is 16.7 Å². The van der Waals surface area contributed by atoms with Crippen LogP contribution in [-0.2, 0) is 4.74 Å². The molecule has 3 aromatic rings. The lowest BCUT2D eigenvalue weighted by molar-refractivity contribution is 0.0670. The van der Waals surface area contributed by atoms with E-state index in [-0.39, 0.29) is 18.0 Å². The van der Waals surface area contributed by atoms with Gasteiger partial charge in [-0.25, -0.2) is 19.1 Å². The van der Waals surface area contributed by atoms with E-state index >= 15 is 0 Å². The predicted molar refractivity (Wildman–Crippen MR) is 109 cm³/mol. The summed E-state index contributed by atoms with van der Waals surface area (Å²) in [6.07, 6.45) is 4.93. The number of benzene rings is 1. The first-order valence-corrected chi connectivity index (χ1v) is 9.70. The summed E-state index contributed by atoms with van der Waals surface area (Å²) < 4.78 is 8.49. The summed E-state index contributed by atoms with van der Waals surface area (Å²) in [6.45, 7) is 4.97. The number of hydrogen-bond acceptors (Lipinski definition) is 6. The molecule has 0 radical (unpaired) electrons. The average Bonchev–Trinajstić information content (AvgIpc) is 3.14. The highest BCUT2D eigenvalue weighted by atomic mass is 16.5. The van der Waals surface area contributed by atoms with Crippen molar-refractivity contribution in [2.75, 3.05) is 18.5 Å². The third-order valence-electron chi connectivity index (χ3n) is 5.24. The summed E-state index contributed by atoms with van der Waals surface area (Å²) >= 11 is 0. The lowest BCUT2D eigenvalue weighted by Crippen LogP contribution is -2.42. The lowest BCUT2D eigenvalue weighted by atomic mass is 10.1. The van der Waals surface area contributed by atoms with Crippen molar-refractivity contribution >= 4 is 5.95 Å². The Labute approximate surface area is 167 Å². The SMILES string of the molecule is Cc1nccn1-c1cccc(C(C)Nc2nc(=O)n(C3CCOCC3)c(=O)[nH]2)c1. The Morgan fingerprint density at radius 1 is 1.28 bits per heavy atom. The van der Waals surface area contributed by atoms with Crippen molar-refractivity contribution in [2.45, 2.75) is 38.8 Å². The van der Waals surface area contributed by atoms with Crippen LogP contribution >= 0.6 is 0 Å². The molecule has 2 N–H and O–H groups in total. The van der Waals surface area contributed by atoms with E-state index in [4.69, 9.17) is 4.74 Å². The Morgan fingerprint density at radius 3 is 2.76 bits per heavy atom. The molecule has 1 aromatic carbocycles. The molecule has 1 aliphatic rings. The van der Waals surface area contributed by atoms with Crippen molar-refractivity contribution in [3.63, 3.8) is 0 Å². The molecule has 3 heterocycles. The Kier molecular flexibility index (Phi) is 5.30. The monoisotopic (exact) mass is 396 g/mol. The Balaban J connectivity index is 1.56. The molecule has 4 rings (SSSR count). The predicted octanol–water partition coefficient (Wildman–Crippen LogP) is 1.95. The summed E-state index contributed by atoms with van der Waals surface area (Å²) in [5, 5.41) is 3.13. The number of rotatable bonds is 5. The molecule has 152 valence electrons. The molecule has 1 unspecified atom stereocenters. The van der Waals surface area contributed by atoms with Crippen LogP contribution in [0, 0.1) is 6.92 Å². The van der Waals surface area contributed by atoms with Gasteiger partial charge in [0, 0.05) is 37.3 Å². The minimum Gasteiger partial charge on any atom is -0.381 e. The third kappa shape index (κ3) is 4.00. The first kappa shape index (κ1) is 19.1. The Bertz CT molecular complexity index is 1080. The molecule has 29 heavy (non-hydrogen) atoms. The summed E-state index contributed by atoms with van der Waals surface area (Å²) in [6, 6.07) is 7.64. The smallest absolute Gasteiger partial charge is 0.355 e. The van der Waals surface area contributed by atoms with Crippen molar-refractivity contribution < 1.29 is 4.74 Å². The largest absolute Gasteiger partial charge is 0.381 e. The van der Waals surface area contributed by atoms with Crippen LogP contribution in [0.25, 0.3) is 5.69 Å². The number of aromatic nitrogens is 5. The zero-order chi connectivity index (χ0) is 20.4. The zero-order valence-corrected chi connectivity index (χ0v) is 16.5. The molecule has 9 heteroatoms. The number of nitrogens with one attached hydrogen (secondary N) is 2. The van der Waals surface area contributed by atoms with E-state index < -0.39 is 11.4 Å². The van der Waals surface area contributed by atoms with E-state index in [9.17, 15) is 9.59 Å². The van der Waals surface area contributed by atoms with E-state index in [1.54, 1.807) is 6.20 Å². The molecule has 0 spiro atoms. The van der Waals surface area contributed by atoms with Gasteiger partial charge >= 0.3 is 11.4 Å². The molecule has 0 amide bonds. The van der Waals surface area contributed by atoms with E-state index in [1.165, 1.54) is 4.57 Å². The van der Waals surface area contributed by atoms with Gasteiger partial charge in [-0.05, 0) is 44.4 Å². The topological polar surface area (TPSA) is 107 Å². The second-order valence-corrected chi connectivity index (χ2v) is 7.19. The van der Waals surface area contributed by atoms with Crippen LogP contribution in [0.5, 0.6) is 0 Å². The second-order valence-electron chi connectivity index (χ2n) is 7.19. The van der Waals surface area contributed by atoms with Crippen molar-refractivity contribution in [1.82, 2.24) is 24.1 Å². The minimum atomic E-state index is -0.543. The van der Waals surface area contributed by atoms with Crippen LogP contribution in [0.4, 0.5) is 5.95 Å². The first-order chi connectivity index (χ1) is 14.0. The van der Waals surface area contributed by atoms with Crippen molar-refractivity contribution in [1.29, 1.82) is 0 Å². The van der Waals surface area contributed by atoms with Crippen molar-refractivity contribution in [2.24, 2.45) is 0 Å². The zero-order valence-electron chi connectivity index (χ0n) is 16.5. The normalized spacial score (nSPS) is 15.9. The molecule has 1 aliphatic heterocycles. The van der Waals surface area contributed by atoms with Crippen LogP contribution in [0.1, 0.15) is 43.2 Å². The highest BCUT2D eigenvalue weighted by molar-refractivity contribution is 5.40. The van der Waals surface area contributed by atoms with Gasteiger partial charge in [0.1, 0.15) is 5.82 Å². The van der Waals surface area contributed by atoms with Crippen LogP contribution in [-0.4, -0.2) is 37.3 Å². The molecule has 2 aromatic heterocycles. The average molecular weight is 396 g/mol. The van der Waals surface area contributed by atoms with Gasteiger partial charge in [-0.2, -0.15) is 4.98 Å². The van der Waals surface area contributed by atoms with Crippen LogP contribution in [0.15, 0.2) is 46.2 Å². The second kappa shape index (κ2) is 8.04. The first-order valence-electron chi connectivity index (χ1n) is 9.70. The fraction of sp³-hybridized carbons (Fsp3) is 0.400. The molecular weight excluding hydrogens is 372 g/mol. The maximum atomic E-state index is 12.5. The van der Waals surface area contributed by atoms with Gasteiger partial charge in [-0.3, -0.25) is 4.98 Å². The third-order valence-corrected chi connectivity index (χ3v) is 5.24. The fourth-order valence-corrected chi connectivity index (χ4v) is 3.64. The van der Waals surface area contributed by atoms with Gasteiger partial charge in [-0.15, -0.1) is 0 Å². The number of ether oxygens (including phenoxy) is 1. The quantitative estimate of drug-likeness (QED) is 0.683. The molecule has 0 bridgehead atoms. The molecule has 1 atom stereocenters. The lowest BCUT2D eigenvalue weighted by Gasteiger charge is -2.23. The maximum Gasteiger partial charge on any atom is 0.355 e. The summed E-state index contributed by atoms with van der Waals surface area (Å²) in [5.41, 5.74) is 0.988. The Hall–Kier alpha value is -3.20. The minimum absolute atomic E-state index is 0.166. The number of hydrogen-bond donors (Lipinski definition) is 2. The van der Waals surface area contributed by atoms with E-state index in [0.717, 1.165) is 17.1 Å². The molecule has 1 fully saturated rings. The molecule has 0 saturated carbocycles. The molecule has 1 saturated heterocycles. The molecule has 9 nitrogen and oxygen atoms in total. The number of aryl methyl sites for hydroxylation is 1. The number of aromatic amines is 1. The summed E-state index contributed by atoms with van der Waals surface area (Å²) in [5.74, 6) is 1.06. The van der Waals surface area contributed by atoms with Gasteiger partial charge in [0.25, 0.3) is 0 Å². The van der Waals surface area contributed by atoms with Crippen LogP contribution in [0.3, 0.4) is 0 Å². The highest BCUT2D eigenvalue weighted by Gasteiger charge is 2.20. The van der Waals surface area contributed by atoms with Gasteiger partial charge in [0.05, 0.1) is 6.04 Å². The van der Waals surface area contributed by atoms with Crippen molar-refractivity contribution in [3.05, 3.63) is 69.0 Å². The van der Waals surface area contributed by atoms with Gasteiger partial charge in [0.15, 0.2) is 0 Å². The maximum absolute atomic E-state index is 12.5. The van der Waals surface area contributed by atoms with E-state index in [1.807, 2.05) is 48.9 Å². The van der Waals surface area contributed by atoms with Crippen molar-refractivity contribution in [3.8, 4) is 5.69 Å². The molecule has 0 aliphatic carbocycles. The molecular formula is C20H24N6O3. The number of anilines is 1. The van der Waals surface area contributed by atoms with E-state index in [0.29, 0.717) is 26.1 Å². The standard InChI is InChI=1S/C20H24N6O3/c1-13(15-4-3-5-17(12-15)25-9-8-21-14(25)2)22-18-23-19(27)26(20(28)24-18)16-6-10-29-11-7-16/h3-5,8-9,12-13,16H,6-7,10-11H2,1-2H3,(H2,22,23,24,27,28). The summed E-state index contributed by atoms with van der Waals surface area (Å²) in [7, 11) is 0. The number of H-pyrrole nitrogens is 1. The van der Waals surface area contributed by atoms with Gasteiger partial charge < -0.3 is 14.6 Å². The fourth-order valence-electron chi connectivity index (χ4n) is 3.64.